The maximum atomic E-state index is 9.18. The first-order valence-corrected chi connectivity index (χ1v) is 5.98. The van der Waals surface area contributed by atoms with Crippen LogP contribution in [-0.2, 0) is 9.47 Å². The summed E-state index contributed by atoms with van der Waals surface area (Å²) in [5.41, 5.74) is 0. The zero-order valence-electron chi connectivity index (χ0n) is 9.02. The van der Waals surface area contributed by atoms with Crippen LogP contribution in [0, 0.1) is 0 Å². The van der Waals surface area contributed by atoms with Gasteiger partial charge in [-0.3, -0.25) is 4.90 Å². The van der Waals surface area contributed by atoms with E-state index in [1.54, 1.807) is 0 Å². The van der Waals surface area contributed by atoms with Crippen LogP contribution in [-0.4, -0.2) is 54.2 Å². The van der Waals surface area contributed by atoms with E-state index in [0.717, 1.165) is 39.1 Å². The number of aliphatic hydroxyl groups is 1. The third-order valence-electron chi connectivity index (χ3n) is 3.68. The van der Waals surface area contributed by atoms with Crippen molar-refractivity contribution in [2.45, 2.75) is 43.7 Å². The van der Waals surface area contributed by atoms with Gasteiger partial charge in [-0.25, -0.2) is 0 Å². The van der Waals surface area contributed by atoms with Crippen molar-refractivity contribution in [3.8, 4) is 0 Å². The third kappa shape index (κ3) is 1.91. The van der Waals surface area contributed by atoms with Gasteiger partial charge in [-0.2, -0.15) is 0 Å². The van der Waals surface area contributed by atoms with Gasteiger partial charge in [-0.15, -0.1) is 0 Å². The molecule has 1 saturated carbocycles. The molecule has 0 radical (unpaired) electrons. The van der Waals surface area contributed by atoms with Crippen LogP contribution in [0.3, 0.4) is 0 Å². The highest BCUT2D eigenvalue weighted by Crippen LogP contribution is 2.39. The Kier molecular flexibility index (Phi) is 2.47. The SMILES string of the molecule is OC1CN(CC2COC3(CCCC3)O2)C1. The minimum absolute atomic E-state index is 0.118. The molecule has 2 saturated heterocycles. The van der Waals surface area contributed by atoms with Gasteiger partial charge in [0.15, 0.2) is 5.79 Å². The Morgan fingerprint density at radius 2 is 2.00 bits per heavy atom. The minimum atomic E-state index is -0.228. The lowest BCUT2D eigenvalue weighted by Gasteiger charge is -2.37. The Labute approximate surface area is 90.2 Å². The second-order valence-electron chi connectivity index (χ2n) is 5.04. The van der Waals surface area contributed by atoms with E-state index in [-0.39, 0.29) is 18.0 Å². The van der Waals surface area contributed by atoms with E-state index >= 15 is 0 Å². The van der Waals surface area contributed by atoms with E-state index in [2.05, 4.69) is 4.90 Å². The monoisotopic (exact) mass is 213 g/mol. The first-order valence-electron chi connectivity index (χ1n) is 5.98. The highest BCUT2D eigenvalue weighted by atomic mass is 16.7. The van der Waals surface area contributed by atoms with Crippen molar-refractivity contribution >= 4 is 0 Å². The number of nitrogens with zero attached hydrogens (tertiary/aromatic N) is 1. The number of likely N-dealkylation sites (tertiary alicyclic amines) is 1. The standard InChI is InChI=1S/C11H19NO3/c13-9-5-12(6-9)7-10-8-14-11(15-10)3-1-2-4-11/h9-10,13H,1-8H2. The summed E-state index contributed by atoms with van der Waals surface area (Å²) < 4.78 is 11.8. The van der Waals surface area contributed by atoms with Gasteiger partial charge in [-0.05, 0) is 12.8 Å². The van der Waals surface area contributed by atoms with E-state index in [9.17, 15) is 5.11 Å². The van der Waals surface area contributed by atoms with Gasteiger partial charge in [0.25, 0.3) is 0 Å². The molecule has 1 aliphatic carbocycles. The smallest absolute Gasteiger partial charge is 0.168 e. The summed E-state index contributed by atoms with van der Waals surface area (Å²) >= 11 is 0. The van der Waals surface area contributed by atoms with Crippen LogP contribution < -0.4 is 0 Å². The first-order chi connectivity index (χ1) is 7.26. The van der Waals surface area contributed by atoms with Crippen LogP contribution in [0.4, 0.5) is 0 Å². The summed E-state index contributed by atoms with van der Waals surface area (Å²) in [6, 6.07) is 0. The third-order valence-corrected chi connectivity index (χ3v) is 3.68. The van der Waals surface area contributed by atoms with Crippen LogP contribution in [0.5, 0.6) is 0 Å². The number of hydrogen-bond donors (Lipinski definition) is 1. The van der Waals surface area contributed by atoms with Crippen molar-refractivity contribution in [2.75, 3.05) is 26.2 Å². The summed E-state index contributed by atoms with van der Waals surface area (Å²) in [6.07, 6.45) is 4.69. The molecule has 15 heavy (non-hydrogen) atoms. The molecule has 2 aliphatic heterocycles. The highest BCUT2D eigenvalue weighted by molar-refractivity contribution is 4.87. The fraction of sp³-hybridized carbons (Fsp3) is 1.00. The van der Waals surface area contributed by atoms with Crippen molar-refractivity contribution < 1.29 is 14.6 Å². The Balaban J connectivity index is 1.49. The molecule has 1 spiro atoms. The number of rotatable bonds is 2. The predicted octanol–water partition coefficient (Wildman–Crippen LogP) is 0.349. The van der Waals surface area contributed by atoms with Crippen LogP contribution in [0.2, 0.25) is 0 Å². The van der Waals surface area contributed by atoms with Crippen molar-refractivity contribution in [3.63, 3.8) is 0 Å². The Morgan fingerprint density at radius 3 is 2.67 bits per heavy atom. The number of aliphatic hydroxyl groups excluding tert-OH is 1. The number of ether oxygens (including phenoxy) is 2. The molecule has 0 aromatic rings. The molecule has 0 bridgehead atoms. The predicted molar refractivity (Wildman–Crippen MR) is 54.5 cm³/mol. The lowest BCUT2D eigenvalue weighted by Crippen LogP contribution is -2.53. The van der Waals surface area contributed by atoms with E-state index in [1.807, 2.05) is 0 Å². The van der Waals surface area contributed by atoms with Gasteiger partial charge in [-0.1, -0.05) is 0 Å². The van der Waals surface area contributed by atoms with Crippen LogP contribution in [0.15, 0.2) is 0 Å². The number of hydrogen-bond acceptors (Lipinski definition) is 4. The molecule has 86 valence electrons. The topological polar surface area (TPSA) is 41.9 Å². The van der Waals surface area contributed by atoms with Crippen molar-refractivity contribution in [3.05, 3.63) is 0 Å². The van der Waals surface area contributed by atoms with Crippen LogP contribution in [0.25, 0.3) is 0 Å². The summed E-state index contributed by atoms with van der Waals surface area (Å²) in [6.45, 7) is 3.24. The van der Waals surface area contributed by atoms with Crippen LogP contribution in [0.1, 0.15) is 25.7 Å². The summed E-state index contributed by atoms with van der Waals surface area (Å²) in [7, 11) is 0. The molecule has 4 nitrogen and oxygen atoms in total. The number of β-amino-alcohol motifs (C(OH)–C–C–N with tert-alkyl or cyclic N) is 1. The van der Waals surface area contributed by atoms with Crippen LogP contribution >= 0.6 is 0 Å². The highest BCUT2D eigenvalue weighted by Gasteiger charge is 2.44. The molecule has 3 aliphatic rings. The second kappa shape index (κ2) is 3.70. The quantitative estimate of drug-likeness (QED) is 0.718. The molecule has 1 atom stereocenters. The Hall–Kier alpha value is -0.160. The molecule has 4 heteroatoms. The summed E-state index contributed by atoms with van der Waals surface area (Å²) in [5.74, 6) is -0.228. The first kappa shape index (κ1) is 10.0. The van der Waals surface area contributed by atoms with Gasteiger partial charge < -0.3 is 14.6 Å². The molecular weight excluding hydrogens is 194 g/mol. The van der Waals surface area contributed by atoms with E-state index in [0.29, 0.717) is 0 Å². The molecule has 3 rings (SSSR count). The van der Waals surface area contributed by atoms with E-state index in [4.69, 9.17) is 9.47 Å². The second-order valence-corrected chi connectivity index (χ2v) is 5.04. The molecule has 2 heterocycles. The molecule has 1 N–H and O–H groups in total. The van der Waals surface area contributed by atoms with Gasteiger partial charge in [0.1, 0.15) is 0 Å². The molecule has 0 amide bonds. The Morgan fingerprint density at radius 1 is 1.27 bits per heavy atom. The van der Waals surface area contributed by atoms with E-state index < -0.39 is 0 Å². The average Bonchev–Trinajstić information content (AvgIpc) is 2.76. The van der Waals surface area contributed by atoms with Crippen molar-refractivity contribution in [1.29, 1.82) is 0 Å². The minimum Gasteiger partial charge on any atom is -0.390 e. The van der Waals surface area contributed by atoms with Gasteiger partial charge >= 0.3 is 0 Å². The molecule has 1 unspecified atom stereocenters. The summed E-state index contributed by atoms with van der Waals surface area (Å²) in [4.78, 5) is 2.23. The molecule has 3 fully saturated rings. The largest absolute Gasteiger partial charge is 0.390 e. The zero-order chi connectivity index (χ0) is 10.3. The lowest BCUT2D eigenvalue weighted by atomic mass is 10.1. The fourth-order valence-corrected chi connectivity index (χ4v) is 2.86. The molecule has 0 aromatic heterocycles. The summed E-state index contributed by atoms with van der Waals surface area (Å²) in [5, 5.41) is 9.18. The van der Waals surface area contributed by atoms with Gasteiger partial charge in [0, 0.05) is 32.5 Å². The average molecular weight is 213 g/mol. The molecule has 0 aromatic carbocycles. The normalized spacial score (nSPS) is 36.2. The van der Waals surface area contributed by atoms with Gasteiger partial charge in [0.2, 0.25) is 0 Å². The lowest BCUT2D eigenvalue weighted by molar-refractivity contribution is -0.165. The Bertz CT molecular complexity index is 234. The maximum absolute atomic E-state index is 9.18. The molecular formula is C11H19NO3. The van der Waals surface area contributed by atoms with Crippen molar-refractivity contribution in [1.82, 2.24) is 4.90 Å². The van der Waals surface area contributed by atoms with Gasteiger partial charge in [0.05, 0.1) is 18.8 Å². The maximum Gasteiger partial charge on any atom is 0.168 e. The fourth-order valence-electron chi connectivity index (χ4n) is 2.86. The zero-order valence-corrected chi connectivity index (χ0v) is 9.02. The van der Waals surface area contributed by atoms with E-state index in [1.165, 1.54) is 12.8 Å². The van der Waals surface area contributed by atoms with Crippen molar-refractivity contribution in [2.24, 2.45) is 0 Å².